The van der Waals surface area contributed by atoms with Crippen molar-refractivity contribution in [3.63, 3.8) is 0 Å². The molecule has 7 rings (SSSR count). The van der Waals surface area contributed by atoms with Crippen LogP contribution in [-0.2, 0) is 6.54 Å². The number of aromatic nitrogens is 6. The van der Waals surface area contributed by atoms with E-state index in [1.165, 1.54) is 28.9 Å². The Kier molecular flexibility index (Phi) is 9.06. The van der Waals surface area contributed by atoms with Crippen LogP contribution in [0, 0.1) is 13.8 Å². The van der Waals surface area contributed by atoms with E-state index in [4.69, 9.17) is 53.3 Å². The summed E-state index contributed by atoms with van der Waals surface area (Å²) >= 11 is 21.7. The van der Waals surface area contributed by atoms with E-state index in [-0.39, 0.29) is 0 Å². The van der Waals surface area contributed by atoms with Crippen molar-refractivity contribution in [2.45, 2.75) is 20.4 Å². The molecule has 0 aliphatic carbocycles. The lowest BCUT2D eigenvalue weighted by Crippen LogP contribution is -2.04. The Labute approximate surface area is 279 Å². The molecule has 0 aliphatic heterocycles. The summed E-state index contributed by atoms with van der Waals surface area (Å²) in [5, 5.41) is 13.8. The summed E-state index contributed by atoms with van der Waals surface area (Å²) in [5.41, 5.74) is 1.01. The molecule has 16 heteroatoms. The van der Waals surface area contributed by atoms with Crippen molar-refractivity contribution in [2.24, 2.45) is 0 Å². The molecule has 0 amide bonds. The third kappa shape index (κ3) is 6.26. The molecule has 1 N–H and O–H groups in total. The summed E-state index contributed by atoms with van der Waals surface area (Å²) < 4.78 is 20.9. The molecule has 0 spiro atoms. The molecule has 6 aromatic heterocycles. The molecule has 0 atom stereocenters. The molecular formula is C29H22Cl3N7O4S2. The molecule has 0 aliphatic rings. The van der Waals surface area contributed by atoms with Crippen LogP contribution in [0.25, 0.3) is 43.6 Å². The fourth-order valence-electron chi connectivity index (χ4n) is 4.30. The minimum atomic E-state index is 0.329. The number of hydrogen-bond acceptors (Lipinski definition) is 13. The monoisotopic (exact) mass is 701 g/mol. The highest BCUT2D eigenvalue weighted by molar-refractivity contribution is 7.19. The van der Waals surface area contributed by atoms with E-state index in [9.17, 15) is 0 Å². The minimum Gasteiger partial charge on any atom is -0.493 e. The van der Waals surface area contributed by atoms with E-state index in [2.05, 4.69) is 35.6 Å². The van der Waals surface area contributed by atoms with E-state index in [1.807, 2.05) is 32.0 Å². The third-order valence-electron chi connectivity index (χ3n) is 6.49. The highest BCUT2D eigenvalue weighted by Crippen LogP contribution is 2.40. The second-order valence-corrected chi connectivity index (χ2v) is 12.9. The molecule has 6 heterocycles. The van der Waals surface area contributed by atoms with Crippen LogP contribution in [0.2, 0.25) is 15.2 Å². The Balaban J connectivity index is 0.000000179. The Bertz CT molecular complexity index is 2120. The number of ether oxygens (including phenoxy) is 2. The summed E-state index contributed by atoms with van der Waals surface area (Å²) in [5.74, 6) is 3.84. The molecule has 0 radical (unpaired) electrons. The van der Waals surface area contributed by atoms with Crippen molar-refractivity contribution in [3.05, 3.63) is 73.2 Å². The van der Waals surface area contributed by atoms with Crippen molar-refractivity contribution >= 4 is 83.7 Å². The largest absolute Gasteiger partial charge is 0.493 e. The maximum absolute atomic E-state index is 6.51. The first-order chi connectivity index (χ1) is 21.8. The van der Waals surface area contributed by atoms with E-state index in [0.717, 1.165) is 30.4 Å². The van der Waals surface area contributed by atoms with Gasteiger partial charge in [-0.25, -0.2) is 19.9 Å². The SMILES string of the molecule is COc1ccc(CNc2nc(-c3ccno3)nc3sc(C)c(Cl)c23)cc1OC.Cc1sc2nc(-c3ccno3)nc(Cl)c2c1Cl. The molecular weight excluding hydrogens is 681 g/mol. The molecule has 0 bridgehead atoms. The predicted octanol–water partition coefficient (Wildman–Crippen LogP) is 8.90. The molecule has 0 unspecified atom stereocenters. The number of thiophene rings is 2. The van der Waals surface area contributed by atoms with Gasteiger partial charge in [-0.05, 0) is 31.5 Å². The standard InChI is InChI=1S/C19H17ClN4O3S.C10H5Cl2N3OS/c1-10-16(20)15-18(21-9-11-4-5-12(25-2)14(8-11)26-3)23-17(24-19(15)28-10)13-6-7-22-27-13;1-4-7(11)6-8(12)14-9(15-10(6)17-4)5-2-3-13-16-5/h4-8H,9H2,1-3H3,(H,21,23,24);2-3H,1H3. The van der Waals surface area contributed by atoms with Gasteiger partial charge in [0.05, 0.1) is 47.4 Å². The van der Waals surface area contributed by atoms with Crippen LogP contribution in [-0.4, -0.2) is 44.5 Å². The second kappa shape index (κ2) is 13.2. The minimum absolute atomic E-state index is 0.329. The second-order valence-electron chi connectivity index (χ2n) is 9.33. The van der Waals surface area contributed by atoms with E-state index < -0.39 is 0 Å². The summed E-state index contributed by atoms with van der Waals surface area (Å²) in [6, 6.07) is 9.15. The fourth-order valence-corrected chi connectivity index (χ4v) is 7.20. The maximum Gasteiger partial charge on any atom is 0.204 e. The predicted molar refractivity (Wildman–Crippen MR) is 177 cm³/mol. The van der Waals surface area contributed by atoms with Gasteiger partial charge >= 0.3 is 0 Å². The molecule has 0 saturated heterocycles. The van der Waals surface area contributed by atoms with Gasteiger partial charge in [0, 0.05) is 28.4 Å². The lowest BCUT2D eigenvalue weighted by Gasteiger charge is -2.11. The lowest BCUT2D eigenvalue weighted by molar-refractivity contribution is 0.354. The number of hydrogen-bond donors (Lipinski definition) is 1. The van der Waals surface area contributed by atoms with E-state index in [0.29, 0.717) is 67.6 Å². The molecule has 1 aromatic carbocycles. The summed E-state index contributed by atoms with van der Waals surface area (Å²) in [6.45, 7) is 4.40. The van der Waals surface area contributed by atoms with Gasteiger partial charge in [0.1, 0.15) is 20.6 Å². The Morgan fingerprint density at radius 1 is 0.733 bits per heavy atom. The smallest absolute Gasteiger partial charge is 0.204 e. The van der Waals surface area contributed by atoms with Gasteiger partial charge < -0.3 is 23.8 Å². The molecule has 0 saturated carbocycles. The van der Waals surface area contributed by atoms with Gasteiger partial charge in [0.15, 0.2) is 11.5 Å². The van der Waals surface area contributed by atoms with Crippen LogP contribution >= 0.6 is 57.5 Å². The summed E-state index contributed by atoms with van der Waals surface area (Å²) in [6.07, 6.45) is 3.09. The van der Waals surface area contributed by atoms with Gasteiger partial charge in [-0.3, -0.25) is 0 Å². The highest BCUT2D eigenvalue weighted by Gasteiger charge is 2.19. The van der Waals surface area contributed by atoms with Crippen LogP contribution in [0.1, 0.15) is 15.3 Å². The number of nitrogens with zero attached hydrogens (tertiary/aromatic N) is 6. The normalized spacial score (nSPS) is 11.1. The van der Waals surface area contributed by atoms with Crippen LogP contribution in [0.4, 0.5) is 5.82 Å². The number of fused-ring (bicyclic) bond motifs is 2. The average molecular weight is 703 g/mol. The van der Waals surface area contributed by atoms with Crippen LogP contribution in [0.3, 0.4) is 0 Å². The Morgan fingerprint density at radius 3 is 1.89 bits per heavy atom. The average Bonchev–Trinajstić information content (AvgIpc) is 3.86. The zero-order chi connectivity index (χ0) is 31.7. The number of rotatable bonds is 7. The van der Waals surface area contributed by atoms with Gasteiger partial charge in [0.25, 0.3) is 0 Å². The molecule has 45 heavy (non-hydrogen) atoms. The van der Waals surface area contributed by atoms with Crippen molar-refractivity contribution in [2.75, 3.05) is 19.5 Å². The quantitative estimate of drug-likeness (QED) is 0.160. The lowest BCUT2D eigenvalue weighted by atomic mass is 10.2. The van der Waals surface area contributed by atoms with Gasteiger partial charge in [-0.1, -0.05) is 51.2 Å². The first kappa shape index (κ1) is 31.0. The van der Waals surface area contributed by atoms with Crippen molar-refractivity contribution in [1.29, 1.82) is 0 Å². The molecule has 7 aromatic rings. The highest BCUT2D eigenvalue weighted by atomic mass is 35.5. The van der Waals surface area contributed by atoms with Crippen LogP contribution < -0.4 is 14.8 Å². The number of benzene rings is 1. The zero-order valence-corrected chi connectivity index (χ0v) is 27.9. The topological polar surface area (TPSA) is 134 Å². The molecule has 230 valence electrons. The Hall–Kier alpha value is -4.01. The van der Waals surface area contributed by atoms with Gasteiger partial charge in [-0.2, -0.15) is 0 Å². The molecule has 0 fully saturated rings. The first-order valence-corrected chi connectivity index (χ1v) is 15.9. The van der Waals surface area contributed by atoms with Crippen LogP contribution in [0.15, 0.2) is 51.8 Å². The third-order valence-corrected chi connectivity index (χ3v) is 9.93. The van der Waals surface area contributed by atoms with Crippen molar-refractivity contribution in [3.8, 4) is 34.7 Å². The van der Waals surface area contributed by atoms with Crippen molar-refractivity contribution in [1.82, 2.24) is 30.2 Å². The summed E-state index contributed by atoms with van der Waals surface area (Å²) in [4.78, 5) is 21.2. The maximum atomic E-state index is 6.51. The zero-order valence-electron chi connectivity index (χ0n) is 24.0. The number of anilines is 1. The number of nitrogens with one attached hydrogen (secondary N) is 1. The van der Waals surface area contributed by atoms with Gasteiger partial charge in [0.2, 0.25) is 23.2 Å². The number of aryl methyl sites for hydroxylation is 2. The van der Waals surface area contributed by atoms with Crippen molar-refractivity contribution < 1.29 is 18.5 Å². The summed E-state index contributed by atoms with van der Waals surface area (Å²) in [7, 11) is 3.22. The van der Waals surface area contributed by atoms with Gasteiger partial charge in [-0.15, -0.1) is 22.7 Å². The number of methoxy groups -OCH3 is 2. The van der Waals surface area contributed by atoms with E-state index in [1.54, 1.807) is 32.5 Å². The van der Waals surface area contributed by atoms with E-state index >= 15 is 0 Å². The first-order valence-electron chi connectivity index (χ1n) is 13.1. The number of halogens is 3. The van der Waals surface area contributed by atoms with Crippen LogP contribution in [0.5, 0.6) is 11.5 Å². The fraction of sp³-hybridized carbons (Fsp3) is 0.172. The molecule has 11 nitrogen and oxygen atoms in total. The Morgan fingerprint density at radius 2 is 1.31 bits per heavy atom.